The van der Waals surface area contributed by atoms with E-state index in [0.717, 1.165) is 30.8 Å². The van der Waals surface area contributed by atoms with E-state index < -0.39 is 0 Å². The second kappa shape index (κ2) is 7.03. The predicted octanol–water partition coefficient (Wildman–Crippen LogP) is 3.40. The monoisotopic (exact) mass is 330 g/mol. The molecule has 0 N–H and O–H groups in total. The minimum absolute atomic E-state index is 0.0283. The molecule has 4 nitrogen and oxygen atoms in total. The third-order valence-corrected chi connectivity index (χ3v) is 4.71. The van der Waals surface area contributed by atoms with Crippen molar-refractivity contribution in [1.82, 2.24) is 14.8 Å². The van der Waals surface area contributed by atoms with Crippen molar-refractivity contribution in [1.29, 1.82) is 0 Å². The summed E-state index contributed by atoms with van der Waals surface area (Å²) >= 11 is 0. The molecule has 2 aliphatic rings. The maximum Gasteiger partial charge on any atom is 0.179 e. The van der Waals surface area contributed by atoms with Gasteiger partial charge in [-0.1, -0.05) is 36.4 Å². The maximum atomic E-state index is 5.01. The lowest BCUT2D eigenvalue weighted by molar-refractivity contribution is 0.111. The van der Waals surface area contributed by atoms with Crippen LogP contribution in [0.1, 0.15) is 17.5 Å². The van der Waals surface area contributed by atoms with Gasteiger partial charge in [0.15, 0.2) is 6.29 Å². The van der Waals surface area contributed by atoms with E-state index >= 15 is 0 Å². The van der Waals surface area contributed by atoms with Crippen LogP contribution in [0, 0.1) is 0 Å². The van der Waals surface area contributed by atoms with Gasteiger partial charge in [0.25, 0.3) is 0 Å². The largest absolute Gasteiger partial charge is 0.347 e. The number of pyridine rings is 1. The number of hydrogen-bond donors (Lipinski definition) is 0. The van der Waals surface area contributed by atoms with E-state index in [1.165, 1.54) is 11.1 Å². The Hall–Kier alpha value is -2.72. The molecule has 1 aromatic carbocycles. The summed E-state index contributed by atoms with van der Waals surface area (Å²) in [6.07, 6.45) is 11.3. The van der Waals surface area contributed by atoms with Gasteiger partial charge in [0.05, 0.1) is 5.71 Å². The molecule has 4 rings (SSSR count). The molecule has 0 saturated heterocycles. The second-order valence-corrected chi connectivity index (χ2v) is 6.43. The summed E-state index contributed by atoms with van der Waals surface area (Å²) in [6.45, 7) is 1.94. The van der Waals surface area contributed by atoms with E-state index in [1.807, 2.05) is 24.5 Å². The molecular formula is C21H22N4. The SMILES string of the molecule is CN1C=CC(c2ccncc2)=NC1N1CCC=C(c2ccccc2)C1. The smallest absolute Gasteiger partial charge is 0.179 e. The van der Waals surface area contributed by atoms with Gasteiger partial charge in [0.1, 0.15) is 0 Å². The highest BCUT2D eigenvalue weighted by Crippen LogP contribution is 2.24. The van der Waals surface area contributed by atoms with Crippen LogP contribution < -0.4 is 0 Å². The van der Waals surface area contributed by atoms with E-state index in [-0.39, 0.29) is 6.29 Å². The van der Waals surface area contributed by atoms with Crippen molar-refractivity contribution < 1.29 is 0 Å². The molecule has 25 heavy (non-hydrogen) atoms. The summed E-state index contributed by atoms with van der Waals surface area (Å²) in [5, 5.41) is 0. The lowest BCUT2D eigenvalue weighted by Gasteiger charge is -2.38. The van der Waals surface area contributed by atoms with Gasteiger partial charge < -0.3 is 4.90 Å². The van der Waals surface area contributed by atoms with Gasteiger partial charge in [-0.3, -0.25) is 9.88 Å². The molecule has 0 saturated carbocycles. The highest BCUT2D eigenvalue weighted by atomic mass is 15.4. The first-order chi connectivity index (χ1) is 12.3. The summed E-state index contributed by atoms with van der Waals surface area (Å²) in [5.74, 6) is 0. The van der Waals surface area contributed by atoms with Crippen molar-refractivity contribution >= 4 is 11.3 Å². The number of rotatable bonds is 3. The zero-order valence-electron chi connectivity index (χ0n) is 14.4. The standard InChI is InChI=1S/C21H22N4/c1-24-15-11-20(18-9-12-22-13-10-18)23-21(24)25-14-5-8-19(16-25)17-6-3-2-4-7-17/h2-4,6-13,15,21H,5,14,16H2,1H3. The van der Waals surface area contributed by atoms with Crippen LogP contribution in [0.2, 0.25) is 0 Å². The normalized spacial score (nSPS) is 21.0. The fourth-order valence-electron chi connectivity index (χ4n) is 3.38. The zero-order valence-corrected chi connectivity index (χ0v) is 14.4. The van der Waals surface area contributed by atoms with Gasteiger partial charge in [0.2, 0.25) is 0 Å². The van der Waals surface area contributed by atoms with Crippen LogP contribution in [0.5, 0.6) is 0 Å². The van der Waals surface area contributed by atoms with Gasteiger partial charge in [-0.25, -0.2) is 4.99 Å². The molecular weight excluding hydrogens is 308 g/mol. The number of aliphatic imine (C=N–C) groups is 1. The summed E-state index contributed by atoms with van der Waals surface area (Å²) in [7, 11) is 2.09. The Morgan fingerprint density at radius 1 is 1.00 bits per heavy atom. The van der Waals surface area contributed by atoms with Crippen molar-refractivity contribution in [2.75, 3.05) is 20.1 Å². The number of aromatic nitrogens is 1. The first-order valence-electron chi connectivity index (χ1n) is 8.68. The van der Waals surface area contributed by atoms with Crippen LogP contribution in [0.15, 0.2) is 78.2 Å². The van der Waals surface area contributed by atoms with E-state index in [2.05, 4.69) is 70.5 Å². The highest BCUT2D eigenvalue weighted by molar-refractivity contribution is 6.09. The third kappa shape index (κ3) is 3.39. The van der Waals surface area contributed by atoms with Crippen LogP contribution in [-0.2, 0) is 0 Å². The van der Waals surface area contributed by atoms with Crippen LogP contribution in [0.25, 0.3) is 5.57 Å². The van der Waals surface area contributed by atoms with E-state index in [9.17, 15) is 0 Å². The van der Waals surface area contributed by atoms with Gasteiger partial charge in [-0.15, -0.1) is 0 Å². The Balaban J connectivity index is 1.57. The van der Waals surface area contributed by atoms with Gasteiger partial charge in [-0.05, 0) is 35.8 Å². The quantitative estimate of drug-likeness (QED) is 0.864. The molecule has 0 aliphatic carbocycles. The van der Waals surface area contributed by atoms with Crippen molar-refractivity contribution in [3.05, 3.63) is 84.3 Å². The van der Waals surface area contributed by atoms with Crippen LogP contribution in [-0.4, -0.2) is 46.9 Å². The van der Waals surface area contributed by atoms with E-state index in [4.69, 9.17) is 4.99 Å². The zero-order chi connectivity index (χ0) is 17.1. The Labute approximate surface area is 148 Å². The maximum absolute atomic E-state index is 5.01. The summed E-state index contributed by atoms with van der Waals surface area (Å²) < 4.78 is 0. The minimum atomic E-state index is 0.0283. The number of nitrogens with zero attached hydrogens (tertiary/aromatic N) is 4. The Morgan fingerprint density at radius 3 is 2.60 bits per heavy atom. The molecule has 1 unspecified atom stereocenters. The molecule has 1 atom stereocenters. The molecule has 1 aromatic heterocycles. The summed E-state index contributed by atoms with van der Waals surface area (Å²) in [6, 6.07) is 14.7. The van der Waals surface area contributed by atoms with Crippen LogP contribution in [0.3, 0.4) is 0 Å². The highest BCUT2D eigenvalue weighted by Gasteiger charge is 2.26. The average molecular weight is 330 g/mol. The molecule has 4 heteroatoms. The fraction of sp³-hybridized carbons (Fsp3) is 0.238. The molecule has 0 radical (unpaired) electrons. The van der Waals surface area contributed by atoms with E-state index in [0.29, 0.717) is 0 Å². The molecule has 126 valence electrons. The van der Waals surface area contributed by atoms with Gasteiger partial charge in [0, 0.05) is 44.3 Å². The Morgan fingerprint density at radius 2 is 1.80 bits per heavy atom. The molecule has 3 heterocycles. The lowest BCUT2D eigenvalue weighted by Crippen LogP contribution is -2.47. The van der Waals surface area contributed by atoms with Crippen molar-refractivity contribution in [3.8, 4) is 0 Å². The summed E-state index contributed by atoms with van der Waals surface area (Å²) in [5.41, 5.74) is 4.82. The topological polar surface area (TPSA) is 31.7 Å². The molecule has 2 aliphatic heterocycles. The number of benzene rings is 1. The van der Waals surface area contributed by atoms with Crippen LogP contribution >= 0.6 is 0 Å². The van der Waals surface area contributed by atoms with Crippen molar-refractivity contribution in [2.45, 2.75) is 12.7 Å². The number of allylic oxidation sites excluding steroid dienone is 1. The molecule has 0 fully saturated rings. The molecule has 0 amide bonds. The van der Waals surface area contributed by atoms with Gasteiger partial charge >= 0.3 is 0 Å². The summed E-state index contributed by atoms with van der Waals surface area (Å²) in [4.78, 5) is 13.7. The first kappa shape index (κ1) is 15.8. The lowest BCUT2D eigenvalue weighted by atomic mass is 10.0. The molecule has 2 aromatic rings. The van der Waals surface area contributed by atoms with Crippen molar-refractivity contribution in [2.24, 2.45) is 4.99 Å². The number of hydrogen-bond acceptors (Lipinski definition) is 4. The average Bonchev–Trinajstić information content (AvgIpc) is 2.70. The Bertz CT molecular complexity index is 808. The van der Waals surface area contributed by atoms with Crippen LogP contribution in [0.4, 0.5) is 0 Å². The second-order valence-electron chi connectivity index (χ2n) is 6.43. The first-order valence-corrected chi connectivity index (χ1v) is 8.68. The minimum Gasteiger partial charge on any atom is -0.347 e. The van der Waals surface area contributed by atoms with Crippen molar-refractivity contribution in [3.63, 3.8) is 0 Å². The third-order valence-electron chi connectivity index (χ3n) is 4.71. The predicted molar refractivity (Wildman–Crippen MR) is 102 cm³/mol. The molecule has 0 spiro atoms. The fourth-order valence-corrected chi connectivity index (χ4v) is 3.38. The molecule has 0 bridgehead atoms. The van der Waals surface area contributed by atoms with E-state index in [1.54, 1.807) is 0 Å². The van der Waals surface area contributed by atoms with Gasteiger partial charge in [-0.2, -0.15) is 0 Å². The Kier molecular flexibility index (Phi) is 4.44.